The number of anilines is 1. The molecule has 3 aromatic rings. The van der Waals surface area contributed by atoms with Crippen molar-refractivity contribution in [3.05, 3.63) is 59.4 Å². The molecule has 2 fully saturated rings. The predicted octanol–water partition coefficient (Wildman–Crippen LogP) is 6.37. The van der Waals surface area contributed by atoms with Crippen LogP contribution in [0.4, 0.5) is 5.69 Å². The standard InChI is InChI=1S/C30H38N4O2/c1-20-8-4-2-7-11-25(20)34-30(36)23-14-12-21(13-15-23)18-28-32-26-17-16-24(19-27(26)33-28)31-29(35)22-9-5-3-6-10-22/h12-17,19-20,22,25H,2-11,18H2,1H3,(H,31,35)(H,32,33)(H,34,36). The normalized spacial score (nSPS) is 21.1. The van der Waals surface area contributed by atoms with Gasteiger partial charge in [-0.1, -0.05) is 57.6 Å². The van der Waals surface area contributed by atoms with Crippen LogP contribution in [-0.2, 0) is 11.2 Å². The molecule has 5 rings (SSSR count). The summed E-state index contributed by atoms with van der Waals surface area (Å²) in [6.45, 7) is 2.25. The number of amides is 2. The summed E-state index contributed by atoms with van der Waals surface area (Å²) in [5, 5.41) is 6.35. The lowest BCUT2D eigenvalue weighted by molar-refractivity contribution is -0.120. The fourth-order valence-electron chi connectivity index (χ4n) is 5.76. The predicted molar refractivity (Wildman–Crippen MR) is 144 cm³/mol. The average Bonchev–Trinajstić information content (AvgIpc) is 3.18. The fraction of sp³-hybridized carbons (Fsp3) is 0.500. The zero-order valence-corrected chi connectivity index (χ0v) is 21.3. The summed E-state index contributed by atoms with van der Waals surface area (Å²) in [4.78, 5) is 33.5. The number of rotatable bonds is 6. The second kappa shape index (κ2) is 11.3. The van der Waals surface area contributed by atoms with E-state index in [1.54, 1.807) is 0 Å². The van der Waals surface area contributed by atoms with Crippen LogP contribution in [0.15, 0.2) is 42.5 Å². The van der Waals surface area contributed by atoms with Crippen molar-refractivity contribution in [2.75, 3.05) is 5.32 Å². The summed E-state index contributed by atoms with van der Waals surface area (Å²) in [7, 11) is 0. The number of aromatic amines is 1. The number of nitrogens with one attached hydrogen (secondary N) is 3. The van der Waals surface area contributed by atoms with Gasteiger partial charge in [-0.15, -0.1) is 0 Å². The van der Waals surface area contributed by atoms with Gasteiger partial charge in [0.05, 0.1) is 11.0 Å². The zero-order chi connectivity index (χ0) is 24.9. The van der Waals surface area contributed by atoms with Crippen molar-refractivity contribution in [2.45, 2.75) is 83.6 Å². The molecule has 2 unspecified atom stereocenters. The third-order valence-electron chi connectivity index (χ3n) is 8.04. The minimum Gasteiger partial charge on any atom is -0.349 e. The molecule has 0 aliphatic heterocycles. The number of carbonyl (C=O) groups excluding carboxylic acids is 2. The quantitative estimate of drug-likeness (QED) is 0.354. The number of aromatic nitrogens is 2. The molecule has 2 aliphatic rings. The number of fused-ring (bicyclic) bond motifs is 1. The van der Waals surface area contributed by atoms with E-state index in [1.807, 2.05) is 42.5 Å². The van der Waals surface area contributed by atoms with Gasteiger partial charge < -0.3 is 15.6 Å². The largest absolute Gasteiger partial charge is 0.349 e. The lowest BCUT2D eigenvalue weighted by Crippen LogP contribution is -2.38. The fourth-order valence-corrected chi connectivity index (χ4v) is 5.76. The molecule has 0 radical (unpaired) electrons. The first-order chi connectivity index (χ1) is 17.5. The third kappa shape index (κ3) is 5.97. The van der Waals surface area contributed by atoms with Gasteiger partial charge >= 0.3 is 0 Å². The molecule has 0 spiro atoms. The molecule has 0 bridgehead atoms. The van der Waals surface area contributed by atoms with Gasteiger partial charge in [-0.3, -0.25) is 9.59 Å². The average molecular weight is 487 g/mol. The molecule has 2 amide bonds. The first-order valence-corrected chi connectivity index (χ1v) is 13.7. The lowest BCUT2D eigenvalue weighted by atomic mass is 9.88. The SMILES string of the molecule is CC1CCCCCC1NC(=O)c1ccc(Cc2nc3ccc(NC(=O)C4CCCCC4)cc3[nH]2)cc1. The summed E-state index contributed by atoms with van der Waals surface area (Å²) in [5.41, 5.74) is 4.41. The van der Waals surface area contributed by atoms with Crippen molar-refractivity contribution in [1.29, 1.82) is 0 Å². The number of hydrogen-bond donors (Lipinski definition) is 3. The van der Waals surface area contributed by atoms with E-state index in [0.717, 1.165) is 60.2 Å². The van der Waals surface area contributed by atoms with Crippen LogP contribution >= 0.6 is 0 Å². The van der Waals surface area contributed by atoms with Gasteiger partial charge in [0.1, 0.15) is 5.82 Å². The highest BCUT2D eigenvalue weighted by atomic mass is 16.2. The maximum Gasteiger partial charge on any atom is 0.251 e. The number of benzene rings is 2. The smallest absolute Gasteiger partial charge is 0.251 e. The molecule has 2 atom stereocenters. The van der Waals surface area contributed by atoms with Gasteiger partial charge in [-0.2, -0.15) is 0 Å². The van der Waals surface area contributed by atoms with E-state index < -0.39 is 0 Å². The Morgan fingerprint density at radius 1 is 0.917 bits per heavy atom. The lowest BCUT2D eigenvalue weighted by Gasteiger charge is -2.22. The number of imidazole rings is 1. The highest BCUT2D eigenvalue weighted by molar-refractivity contribution is 5.95. The minimum absolute atomic E-state index is 0.0202. The van der Waals surface area contributed by atoms with E-state index in [1.165, 1.54) is 32.1 Å². The molecule has 1 heterocycles. The van der Waals surface area contributed by atoms with Crippen LogP contribution in [0.2, 0.25) is 0 Å². The maximum atomic E-state index is 12.8. The molecule has 2 aromatic carbocycles. The summed E-state index contributed by atoms with van der Waals surface area (Å²) in [6, 6.07) is 14.0. The van der Waals surface area contributed by atoms with Gasteiger partial charge in [0.2, 0.25) is 5.91 Å². The van der Waals surface area contributed by atoms with Crippen LogP contribution in [0.5, 0.6) is 0 Å². The molecule has 190 valence electrons. The Kier molecular flexibility index (Phi) is 7.69. The maximum absolute atomic E-state index is 12.8. The van der Waals surface area contributed by atoms with Gasteiger partial charge in [0.15, 0.2) is 0 Å². The molecule has 36 heavy (non-hydrogen) atoms. The zero-order valence-electron chi connectivity index (χ0n) is 21.3. The van der Waals surface area contributed by atoms with Crippen molar-refractivity contribution in [1.82, 2.24) is 15.3 Å². The van der Waals surface area contributed by atoms with Crippen LogP contribution in [0, 0.1) is 11.8 Å². The molecular weight excluding hydrogens is 448 g/mol. The molecule has 0 saturated heterocycles. The van der Waals surface area contributed by atoms with Crippen LogP contribution in [0.3, 0.4) is 0 Å². The second-order valence-corrected chi connectivity index (χ2v) is 10.8. The van der Waals surface area contributed by atoms with E-state index in [9.17, 15) is 9.59 Å². The van der Waals surface area contributed by atoms with Crippen molar-refractivity contribution in [2.24, 2.45) is 11.8 Å². The molecule has 1 aromatic heterocycles. The molecular formula is C30H38N4O2. The van der Waals surface area contributed by atoms with Crippen molar-refractivity contribution >= 4 is 28.5 Å². The van der Waals surface area contributed by atoms with E-state index >= 15 is 0 Å². The summed E-state index contributed by atoms with van der Waals surface area (Å²) in [6.07, 6.45) is 12.1. The Hall–Kier alpha value is -3.15. The Bertz CT molecular complexity index is 1190. The Morgan fingerprint density at radius 2 is 1.64 bits per heavy atom. The Morgan fingerprint density at radius 3 is 2.42 bits per heavy atom. The highest BCUT2D eigenvalue weighted by Crippen LogP contribution is 2.26. The third-order valence-corrected chi connectivity index (χ3v) is 8.04. The molecule has 6 heteroatoms. The van der Waals surface area contributed by atoms with Crippen molar-refractivity contribution in [3.63, 3.8) is 0 Å². The monoisotopic (exact) mass is 486 g/mol. The topological polar surface area (TPSA) is 86.9 Å². The van der Waals surface area contributed by atoms with Gasteiger partial charge in [0, 0.05) is 29.6 Å². The number of carbonyl (C=O) groups is 2. The second-order valence-electron chi connectivity index (χ2n) is 10.8. The van der Waals surface area contributed by atoms with E-state index in [-0.39, 0.29) is 23.8 Å². The summed E-state index contributed by atoms with van der Waals surface area (Å²) >= 11 is 0. The van der Waals surface area contributed by atoms with Crippen LogP contribution in [0.25, 0.3) is 11.0 Å². The number of hydrogen-bond acceptors (Lipinski definition) is 3. The molecule has 3 N–H and O–H groups in total. The summed E-state index contributed by atoms with van der Waals surface area (Å²) in [5.74, 6) is 1.68. The van der Waals surface area contributed by atoms with Gasteiger partial charge in [0.25, 0.3) is 5.91 Å². The Labute approximate surface area is 213 Å². The highest BCUT2D eigenvalue weighted by Gasteiger charge is 2.23. The van der Waals surface area contributed by atoms with Crippen LogP contribution in [0.1, 0.15) is 92.9 Å². The summed E-state index contributed by atoms with van der Waals surface area (Å²) < 4.78 is 0. The first-order valence-electron chi connectivity index (χ1n) is 13.7. The van der Waals surface area contributed by atoms with E-state index in [0.29, 0.717) is 17.9 Å². The van der Waals surface area contributed by atoms with Crippen LogP contribution < -0.4 is 10.6 Å². The van der Waals surface area contributed by atoms with E-state index in [2.05, 4.69) is 22.5 Å². The van der Waals surface area contributed by atoms with Crippen LogP contribution in [-0.4, -0.2) is 27.8 Å². The molecule has 6 nitrogen and oxygen atoms in total. The van der Waals surface area contributed by atoms with E-state index in [4.69, 9.17) is 4.98 Å². The number of nitrogens with zero attached hydrogens (tertiary/aromatic N) is 1. The molecule has 2 saturated carbocycles. The van der Waals surface area contributed by atoms with Gasteiger partial charge in [-0.25, -0.2) is 4.98 Å². The minimum atomic E-state index is 0.0202. The first kappa shape index (κ1) is 24.5. The van der Waals surface area contributed by atoms with Crippen molar-refractivity contribution < 1.29 is 9.59 Å². The van der Waals surface area contributed by atoms with Crippen molar-refractivity contribution in [3.8, 4) is 0 Å². The number of H-pyrrole nitrogens is 1. The van der Waals surface area contributed by atoms with Gasteiger partial charge in [-0.05, 0) is 67.5 Å². The molecule has 2 aliphatic carbocycles. The Balaban J connectivity index is 1.20.